The van der Waals surface area contributed by atoms with Gasteiger partial charge in [0.15, 0.2) is 5.16 Å². The highest BCUT2D eigenvalue weighted by atomic mass is 32.2. The third-order valence-corrected chi connectivity index (χ3v) is 6.00. The summed E-state index contributed by atoms with van der Waals surface area (Å²) < 4.78 is 7.17. The summed E-state index contributed by atoms with van der Waals surface area (Å²) in [5.41, 5.74) is 1.83. The van der Waals surface area contributed by atoms with E-state index in [1.807, 2.05) is 33.7 Å². The summed E-state index contributed by atoms with van der Waals surface area (Å²) in [5.74, 6) is 2.05. The van der Waals surface area contributed by atoms with Gasteiger partial charge in [0.05, 0.1) is 31.4 Å². The molecule has 0 spiro atoms. The van der Waals surface area contributed by atoms with Crippen molar-refractivity contribution in [2.24, 2.45) is 5.92 Å². The number of carbonyl (C=O) groups is 1. The summed E-state index contributed by atoms with van der Waals surface area (Å²) in [6.45, 7) is 4.45. The van der Waals surface area contributed by atoms with Crippen molar-refractivity contribution in [1.29, 1.82) is 0 Å². The molecule has 0 radical (unpaired) electrons. The van der Waals surface area contributed by atoms with Crippen molar-refractivity contribution < 1.29 is 14.6 Å². The molecule has 1 aliphatic heterocycles. The van der Waals surface area contributed by atoms with Gasteiger partial charge in [0.25, 0.3) is 0 Å². The maximum atomic E-state index is 12.5. The van der Waals surface area contributed by atoms with Gasteiger partial charge in [-0.3, -0.25) is 4.79 Å². The molecule has 27 heavy (non-hydrogen) atoms. The minimum atomic E-state index is -0.0817. The van der Waals surface area contributed by atoms with Gasteiger partial charge in [-0.2, -0.15) is 0 Å². The molecule has 0 unspecified atom stereocenters. The zero-order chi connectivity index (χ0) is 19.2. The Morgan fingerprint density at radius 3 is 2.63 bits per heavy atom. The number of ether oxygens (including phenoxy) is 1. The summed E-state index contributed by atoms with van der Waals surface area (Å²) in [5, 5.41) is 10.4. The summed E-state index contributed by atoms with van der Waals surface area (Å²) in [6.07, 6.45) is 3.84. The SMILES string of the molecule is COc1ccc(Cn2c(CO)cnc2SCC(=O)N2CCC(C)CC2)cc1. The molecule has 1 aliphatic rings. The van der Waals surface area contributed by atoms with E-state index >= 15 is 0 Å². The van der Waals surface area contributed by atoms with Gasteiger partial charge < -0.3 is 19.3 Å². The molecule has 0 bridgehead atoms. The summed E-state index contributed by atoms with van der Waals surface area (Å²) in [4.78, 5) is 18.9. The number of carbonyl (C=O) groups excluding carboxylic acids is 1. The Labute approximate surface area is 164 Å². The lowest BCUT2D eigenvalue weighted by Crippen LogP contribution is -2.38. The van der Waals surface area contributed by atoms with Crippen molar-refractivity contribution in [1.82, 2.24) is 14.5 Å². The number of thioether (sulfide) groups is 1. The number of nitrogens with zero attached hydrogens (tertiary/aromatic N) is 3. The molecule has 0 atom stereocenters. The molecular formula is C20H27N3O3S. The maximum Gasteiger partial charge on any atom is 0.233 e. The van der Waals surface area contributed by atoms with E-state index in [9.17, 15) is 9.90 Å². The fraction of sp³-hybridized carbons (Fsp3) is 0.500. The Kier molecular flexibility index (Phi) is 6.79. The molecule has 2 heterocycles. The van der Waals surface area contributed by atoms with Crippen LogP contribution in [-0.4, -0.2) is 51.4 Å². The molecule has 1 amide bonds. The lowest BCUT2D eigenvalue weighted by molar-refractivity contribution is -0.129. The second kappa shape index (κ2) is 9.28. The predicted molar refractivity (Wildman–Crippen MR) is 106 cm³/mol. The van der Waals surface area contributed by atoms with E-state index in [1.165, 1.54) is 11.8 Å². The van der Waals surface area contributed by atoms with Crippen LogP contribution in [0.15, 0.2) is 35.6 Å². The number of benzene rings is 1. The molecule has 1 aromatic heterocycles. The second-order valence-electron chi connectivity index (χ2n) is 6.98. The first-order valence-corrected chi connectivity index (χ1v) is 10.3. The van der Waals surface area contributed by atoms with Crippen molar-refractivity contribution in [3.8, 4) is 5.75 Å². The average Bonchev–Trinajstić information content (AvgIpc) is 3.08. The van der Waals surface area contributed by atoms with Crippen LogP contribution < -0.4 is 4.74 Å². The number of likely N-dealkylation sites (tertiary alicyclic amines) is 1. The van der Waals surface area contributed by atoms with E-state index < -0.39 is 0 Å². The number of aliphatic hydroxyl groups is 1. The highest BCUT2D eigenvalue weighted by Crippen LogP contribution is 2.23. The molecule has 2 aromatic rings. The number of methoxy groups -OCH3 is 1. The first kappa shape index (κ1) is 19.8. The van der Waals surface area contributed by atoms with E-state index in [-0.39, 0.29) is 12.5 Å². The smallest absolute Gasteiger partial charge is 0.233 e. The van der Waals surface area contributed by atoms with Crippen LogP contribution in [0.4, 0.5) is 0 Å². The Bertz CT molecular complexity index is 752. The van der Waals surface area contributed by atoms with Crippen molar-refractivity contribution in [3.05, 3.63) is 41.7 Å². The van der Waals surface area contributed by atoms with Gasteiger partial charge in [0.2, 0.25) is 5.91 Å². The summed E-state index contributed by atoms with van der Waals surface area (Å²) in [7, 11) is 1.64. The normalized spacial score (nSPS) is 15.1. The van der Waals surface area contributed by atoms with Gasteiger partial charge in [-0.15, -0.1) is 0 Å². The van der Waals surface area contributed by atoms with Gasteiger partial charge in [-0.1, -0.05) is 30.8 Å². The van der Waals surface area contributed by atoms with Gasteiger partial charge >= 0.3 is 0 Å². The molecule has 1 aromatic carbocycles. The molecule has 146 valence electrons. The summed E-state index contributed by atoms with van der Waals surface area (Å²) >= 11 is 1.44. The van der Waals surface area contributed by atoms with E-state index in [0.717, 1.165) is 48.1 Å². The number of aromatic nitrogens is 2. The average molecular weight is 390 g/mol. The summed E-state index contributed by atoms with van der Waals surface area (Å²) in [6, 6.07) is 7.82. The van der Waals surface area contributed by atoms with Crippen LogP contribution in [0.2, 0.25) is 0 Å². The molecule has 3 rings (SSSR count). The van der Waals surface area contributed by atoms with Gasteiger partial charge in [0.1, 0.15) is 5.75 Å². The Balaban J connectivity index is 1.65. The minimum Gasteiger partial charge on any atom is -0.497 e. The first-order valence-electron chi connectivity index (χ1n) is 9.29. The van der Waals surface area contributed by atoms with Crippen LogP contribution >= 0.6 is 11.8 Å². The first-order chi connectivity index (χ1) is 13.1. The molecule has 7 heteroatoms. The van der Waals surface area contributed by atoms with Gasteiger partial charge in [0, 0.05) is 19.6 Å². The van der Waals surface area contributed by atoms with E-state index in [4.69, 9.17) is 4.74 Å². The Morgan fingerprint density at radius 2 is 2.00 bits per heavy atom. The Hall–Kier alpha value is -1.99. The van der Waals surface area contributed by atoms with E-state index in [1.54, 1.807) is 13.3 Å². The monoisotopic (exact) mass is 389 g/mol. The number of piperidine rings is 1. The standard InChI is InChI=1S/C20H27N3O3S/c1-15-7-9-22(10-8-15)19(25)14-27-20-21-11-17(13-24)23(20)12-16-3-5-18(26-2)6-4-16/h3-6,11,15,24H,7-10,12-14H2,1-2H3. The van der Waals surface area contributed by atoms with Crippen LogP contribution in [0.25, 0.3) is 0 Å². The van der Waals surface area contributed by atoms with Crippen molar-refractivity contribution in [3.63, 3.8) is 0 Å². The quantitative estimate of drug-likeness (QED) is 0.738. The molecule has 0 saturated carbocycles. The predicted octanol–water partition coefficient (Wildman–Crippen LogP) is 2.78. The maximum absolute atomic E-state index is 12.5. The second-order valence-corrected chi connectivity index (χ2v) is 7.92. The van der Waals surface area contributed by atoms with Gasteiger partial charge in [-0.25, -0.2) is 4.98 Å². The highest BCUT2D eigenvalue weighted by molar-refractivity contribution is 7.99. The lowest BCUT2D eigenvalue weighted by Gasteiger charge is -2.30. The van der Waals surface area contributed by atoms with Crippen molar-refractivity contribution >= 4 is 17.7 Å². The minimum absolute atomic E-state index is 0.0817. The van der Waals surface area contributed by atoms with Crippen LogP contribution in [0.5, 0.6) is 5.75 Å². The van der Waals surface area contributed by atoms with Crippen molar-refractivity contribution in [2.75, 3.05) is 26.0 Å². The van der Waals surface area contributed by atoms with Crippen LogP contribution in [0.3, 0.4) is 0 Å². The topological polar surface area (TPSA) is 67.6 Å². The van der Waals surface area contributed by atoms with Gasteiger partial charge in [-0.05, 0) is 36.5 Å². The molecular weight excluding hydrogens is 362 g/mol. The largest absolute Gasteiger partial charge is 0.497 e. The fourth-order valence-electron chi connectivity index (χ4n) is 3.19. The van der Waals surface area contributed by atoms with E-state index in [2.05, 4.69) is 11.9 Å². The fourth-order valence-corrected chi connectivity index (χ4v) is 4.09. The number of rotatable bonds is 7. The number of aliphatic hydroxyl groups excluding tert-OH is 1. The van der Waals surface area contributed by atoms with Crippen LogP contribution in [0, 0.1) is 5.92 Å². The number of imidazole rings is 1. The van der Waals surface area contributed by atoms with Crippen molar-refractivity contribution in [2.45, 2.75) is 38.1 Å². The molecule has 1 fully saturated rings. The molecule has 1 N–H and O–H groups in total. The third kappa shape index (κ3) is 5.05. The number of amides is 1. The lowest BCUT2D eigenvalue weighted by atomic mass is 9.99. The van der Waals surface area contributed by atoms with E-state index in [0.29, 0.717) is 18.2 Å². The molecule has 0 aliphatic carbocycles. The number of hydrogen-bond acceptors (Lipinski definition) is 5. The Morgan fingerprint density at radius 1 is 1.30 bits per heavy atom. The molecule has 1 saturated heterocycles. The number of hydrogen-bond donors (Lipinski definition) is 1. The third-order valence-electron chi connectivity index (χ3n) is 5.02. The zero-order valence-electron chi connectivity index (χ0n) is 15.9. The zero-order valence-corrected chi connectivity index (χ0v) is 16.7. The van der Waals surface area contributed by atoms with Crippen LogP contribution in [0.1, 0.15) is 31.0 Å². The molecule has 6 nitrogen and oxygen atoms in total. The highest BCUT2D eigenvalue weighted by Gasteiger charge is 2.21. The van der Waals surface area contributed by atoms with Crippen LogP contribution in [-0.2, 0) is 17.9 Å².